The highest BCUT2D eigenvalue weighted by molar-refractivity contribution is 5.94. The standard InChI is InChI=1S/C35H40N6O8/c1-4-48-33(45)30(22(2)3)40-34(46)41(20-29-37-26-12-8-9-13-27(26)38-29)19-23-14-16-25(17-15-23)31(42)36-18-28(32(43)44)39-35(47)49-21-24-10-6-5-7-11-24/h5-17,22,28,30H,4,18-21H2,1-3H3,(H,36,42)(H,37,38)(H,39,47)(H,40,46)(H,43,44)/t28-,30-/m0/s1. The van der Waals surface area contributed by atoms with Gasteiger partial charge in [-0.25, -0.2) is 24.2 Å². The Labute approximate surface area is 283 Å². The summed E-state index contributed by atoms with van der Waals surface area (Å²) in [7, 11) is 0. The summed E-state index contributed by atoms with van der Waals surface area (Å²) in [5.74, 6) is -2.14. The van der Waals surface area contributed by atoms with Crippen molar-refractivity contribution in [3.8, 4) is 0 Å². The largest absolute Gasteiger partial charge is 0.480 e. The molecular weight excluding hydrogens is 632 g/mol. The molecule has 0 saturated carbocycles. The summed E-state index contributed by atoms with van der Waals surface area (Å²) in [6.07, 6.45) is -0.937. The van der Waals surface area contributed by atoms with E-state index in [1.165, 1.54) is 17.0 Å². The molecule has 0 aliphatic carbocycles. The lowest BCUT2D eigenvalue weighted by Gasteiger charge is -2.27. The monoisotopic (exact) mass is 672 g/mol. The molecular formula is C35H40N6O8. The van der Waals surface area contributed by atoms with Crippen molar-refractivity contribution in [1.82, 2.24) is 30.8 Å². The Hall–Kier alpha value is -5.92. The molecule has 0 aliphatic rings. The number of alkyl carbamates (subject to hydrolysis) is 1. The number of carboxylic acids is 1. The second-order valence-corrected chi connectivity index (χ2v) is 11.5. The molecule has 4 rings (SSSR count). The van der Waals surface area contributed by atoms with Crippen LogP contribution in [0.5, 0.6) is 0 Å². The third-order valence-electron chi connectivity index (χ3n) is 7.41. The fourth-order valence-electron chi connectivity index (χ4n) is 4.80. The van der Waals surface area contributed by atoms with E-state index >= 15 is 0 Å². The van der Waals surface area contributed by atoms with Crippen molar-refractivity contribution in [2.24, 2.45) is 5.92 Å². The number of esters is 1. The first-order chi connectivity index (χ1) is 23.5. The van der Waals surface area contributed by atoms with Crippen LogP contribution in [-0.2, 0) is 38.8 Å². The Morgan fingerprint density at radius 3 is 2.20 bits per heavy atom. The number of nitrogens with zero attached hydrogens (tertiary/aromatic N) is 2. The molecule has 1 aromatic heterocycles. The molecule has 1 heterocycles. The fraction of sp³-hybridized carbons (Fsp3) is 0.314. The normalized spacial score (nSPS) is 12.1. The van der Waals surface area contributed by atoms with Crippen LogP contribution in [0.25, 0.3) is 11.0 Å². The van der Waals surface area contributed by atoms with Crippen LogP contribution in [0.1, 0.15) is 48.1 Å². The third kappa shape index (κ3) is 10.5. The summed E-state index contributed by atoms with van der Waals surface area (Å²) in [6.45, 7) is 5.25. The van der Waals surface area contributed by atoms with Crippen LogP contribution < -0.4 is 16.0 Å². The number of urea groups is 1. The molecule has 0 spiro atoms. The average Bonchev–Trinajstić information content (AvgIpc) is 3.50. The number of fused-ring (bicyclic) bond motifs is 1. The zero-order chi connectivity index (χ0) is 35.3. The molecule has 258 valence electrons. The number of benzene rings is 3. The quantitative estimate of drug-likeness (QED) is 0.116. The van der Waals surface area contributed by atoms with Gasteiger partial charge in [0.2, 0.25) is 0 Å². The highest BCUT2D eigenvalue weighted by Crippen LogP contribution is 2.16. The summed E-state index contributed by atoms with van der Waals surface area (Å²) < 4.78 is 10.2. The van der Waals surface area contributed by atoms with Gasteiger partial charge in [0.05, 0.1) is 24.2 Å². The number of carbonyl (C=O) groups is 5. The van der Waals surface area contributed by atoms with Gasteiger partial charge >= 0.3 is 24.1 Å². The van der Waals surface area contributed by atoms with Crippen LogP contribution in [-0.4, -0.2) is 75.2 Å². The molecule has 4 aromatic rings. The van der Waals surface area contributed by atoms with E-state index in [2.05, 4.69) is 25.9 Å². The molecule has 2 atom stereocenters. The van der Waals surface area contributed by atoms with E-state index in [-0.39, 0.29) is 44.3 Å². The highest BCUT2D eigenvalue weighted by Gasteiger charge is 2.28. The summed E-state index contributed by atoms with van der Waals surface area (Å²) in [6, 6.07) is 19.9. The third-order valence-corrected chi connectivity index (χ3v) is 7.41. The molecule has 3 aromatic carbocycles. The zero-order valence-electron chi connectivity index (χ0n) is 27.5. The Morgan fingerprint density at radius 1 is 0.857 bits per heavy atom. The maximum atomic E-state index is 13.6. The average molecular weight is 673 g/mol. The smallest absolute Gasteiger partial charge is 0.408 e. The van der Waals surface area contributed by atoms with E-state index in [1.807, 2.05) is 44.2 Å². The van der Waals surface area contributed by atoms with Crippen molar-refractivity contribution in [2.45, 2.75) is 52.6 Å². The number of aromatic amines is 1. The molecule has 14 heteroatoms. The second-order valence-electron chi connectivity index (χ2n) is 11.5. The van der Waals surface area contributed by atoms with Gasteiger partial charge in [0, 0.05) is 18.7 Å². The van der Waals surface area contributed by atoms with Crippen molar-refractivity contribution in [3.05, 3.63) is 101 Å². The molecule has 5 N–H and O–H groups in total. The lowest BCUT2D eigenvalue weighted by Crippen LogP contribution is -2.50. The number of H-pyrrole nitrogens is 1. The minimum Gasteiger partial charge on any atom is -0.480 e. The van der Waals surface area contributed by atoms with Gasteiger partial charge in [0.25, 0.3) is 5.91 Å². The van der Waals surface area contributed by atoms with E-state index in [1.54, 1.807) is 43.3 Å². The highest BCUT2D eigenvalue weighted by atomic mass is 16.5. The number of carboxylic acid groups (broad SMARTS) is 1. The van der Waals surface area contributed by atoms with E-state index in [4.69, 9.17) is 9.47 Å². The van der Waals surface area contributed by atoms with Gasteiger partial charge < -0.3 is 40.4 Å². The minimum atomic E-state index is -1.43. The molecule has 0 fully saturated rings. The Balaban J connectivity index is 1.40. The maximum Gasteiger partial charge on any atom is 0.408 e. The Morgan fingerprint density at radius 2 is 1.55 bits per heavy atom. The lowest BCUT2D eigenvalue weighted by molar-refractivity contribution is -0.146. The minimum absolute atomic E-state index is 0.0429. The van der Waals surface area contributed by atoms with Crippen LogP contribution in [0.4, 0.5) is 9.59 Å². The number of hydrogen-bond donors (Lipinski definition) is 5. The van der Waals surface area contributed by atoms with E-state index in [9.17, 15) is 29.1 Å². The van der Waals surface area contributed by atoms with E-state index in [0.717, 1.165) is 16.6 Å². The number of nitrogens with one attached hydrogen (secondary N) is 4. The number of amides is 4. The van der Waals surface area contributed by atoms with E-state index < -0.39 is 42.1 Å². The van der Waals surface area contributed by atoms with Gasteiger partial charge in [-0.1, -0.05) is 68.4 Å². The van der Waals surface area contributed by atoms with Crippen LogP contribution in [0.15, 0.2) is 78.9 Å². The van der Waals surface area contributed by atoms with Gasteiger partial charge in [-0.05, 0) is 48.2 Å². The van der Waals surface area contributed by atoms with Crippen molar-refractivity contribution in [1.29, 1.82) is 0 Å². The molecule has 0 unspecified atom stereocenters. The van der Waals surface area contributed by atoms with Crippen LogP contribution >= 0.6 is 0 Å². The number of rotatable bonds is 15. The second kappa shape index (κ2) is 17.3. The zero-order valence-corrected chi connectivity index (χ0v) is 27.5. The molecule has 4 amide bonds. The lowest BCUT2D eigenvalue weighted by atomic mass is 10.1. The topological polar surface area (TPSA) is 192 Å². The molecule has 14 nitrogen and oxygen atoms in total. The van der Waals surface area contributed by atoms with E-state index in [0.29, 0.717) is 11.4 Å². The van der Waals surface area contributed by atoms with Crippen molar-refractivity contribution >= 4 is 41.0 Å². The van der Waals surface area contributed by atoms with Crippen LogP contribution in [0.3, 0.4) is 0 Å². The number of para-hydroxylation sites is 2. The van der Waals surface area contributed by atoms with Gasteiger partial charge in [-0.15, -0.1) is 0 Å². The van der Waals surface area contributed by atoms with Crippen LogP contribution in [0.2, 0.25) is 0 Å². The number of ether oxygens (including phenoxy) is 2. The number of aromatic nitrogens is 2. The first kappa shape index (κ1) is 35.9. The molecule has 0 saturated heterocycles. The van der Waals surface area contributed by atoms with Gasteiger partial charge in [0.15, 0.2) is 0 Å². The molecule has 49 heavy (non-hydrogen) atoms. The summed E-state index contributed by atoms with van der Waals surface area (Å²) >= 11 is 0. The van der Waals surface area contributed by atoms with Crippen molar-refractivity contribution in [2.75, 3.05) is 13.2 Å². The van der Waals surface area contributed by atoms with Gasteiger partial charge in [0.1, 0.15) is 24.5 Å². The van der Waals surface area contributed by atoms with Crippen molar-refractivity contribution in [3.63, 3.8) is 0 Å². The number of carbonyl (C=O) groups excluding carboxylic acids is 4. The summed E-state index contributed by atoms with van der Waals surface area (Å²) in [4.78, 5) is 72.2. The van der Waals surface area contributed by atoms with Gasteiger partial charge in [-0.2, -0.15) is 0 Å². The predicted octanol–water partition coefficient (Wildman–Crippen LogP) is 3.97. The number of aliphatic carboxylic acids is 1. The van der Waals surface area contributed by atoms with Crippen LogP contribution in [0, 0.1) is 5.92 Å². The summed E-state index contributed by atoms with van der Waals surface area (Å²) in [5, 5.41) is 17.1. The maximum absolute atomic E-state index is 13.6. The first-order valence-electron chi connectivity index (χ1n) is 15.8. The molecule has 0 aliphatic heterocycles. The molecule has 0 radical (unpaired) electrons. The SMILES string of the molecule is CCOC(=O)[C@@H](NC(=O)N(Cc1ccc(C(=O)NC[C@H](NC(=O)OCc2ccccc2)C(=O)O)cc1)Cc1nc2ccccc2[nH]1)C(C)C. The summed E-state index contributed by atoms with van der Waals surface area (Å²) in [5.41, 5.74) is 3.19. The van der Waals surface area contributed by atoms with Gasteiger partial charge in [-0.3, -0.25) is 4.79 Å². The molecule has 0 bridgehead atoms. The number of imidazole rings is 1. The predicted molar refractivity (Wildman–Crippen MR) is 179 cm³/mol. The number of hydrogen-bond acceptors (Lipinski definition) is 8. The first-order valence-corrected chi connectivity index (χ1v) is 15.8. The Bertz CT molecular complexity index is 1710. The Kier molecular flexibility index (Phi) is 12.7. The van der Waals surface area contributed by atoms with Crippen molar-refractivity contribution < 1.29 is 38.6 Å². The fourth-order valence-corrected chi connectivity index (χ4v) is 4.80.